The number of aryl methyl sites for hydroxylation is 2. The molecule has 3 rings (SSSR count). The molecule has 2 aromatic carbocycles. The zero-order valence-electron chi connectivity index (χ0n) is 15.2. The van der Waals surface area contributed by atoms with Crippen LogP contribution in [0.5, 0.6) is 5.75 Å². The third-order valence-corrected chi connectivity index (χ3v) is 4.63. The van der Waals surface area contributed by atoms with E-state index in [0.29, 0.717) is 25.9 Å². The van der Waals surface area contributed by atoms with Gasteiger partial charge < -0.3 is 15.0 Å². The molecule has 0 aliphatic carbocycles. The molecular weight excluding hydrogens is 328 g/mol. The number of hydrogen-bond donors (Lipinski definition) is 1. The van der Waals surface area contributed by atoms with E-state index in [2.05, 4.69) is 5.32 Å². The van der Waals surface area contributed by atoms with Crippen LogP contribution in [0.2, 0.25) is 0 Å². The third-order valence-electron chi connectivity index (χ3n) is 4.63. The number of hydrogen-bond acceptors (Lipinski definition) is 3. The summed E-state index contributed by atoms with van der Waals surface area (Å²) in [6, 6.07) is 13.6. The highest BCUT2D eigenvalue weighted by Crippen LogP contribution is 2.27. The van der Waals surface area contributed by atoms with Crippen LogP contribution in [0.3, 0.4) is 0 Å². The molecule has 0 bridgehead atoms. The fraction of sp³-hybridized carbons (Fsp3) is 0.333. The Balaban J connectivity index is 1.47. The number of nitrogens with zero attached hydrogens (tertiary/aromatic N) is 1. The van der Waals surface area contributed by atoms with E-state index < -0.39 is 0 Å². The van der Waals surface area contributed by atoms with Crippen molar-refractivity contribution in [2.45, 2.75) is 32.6 Å². The summed E-state index contributed by atoms with van der Waals surface area (Å²) in [6.45, 7) is 2.49. The predicted octanol–water partition coefficient (Wildman–Crippen LogP) is 3.70. The summed E-state index contributed by atoms with van der Waals surface area (Å²) >= 11 is 0. The summed E-state index contributed by atoms with van der Waals surface area (Å²) in [5, 5.41) is 2.86. The number of ether oxygens (including phenoxy) is 1. The first-order valence-corrected chi connectivity index (χ1v) is 8.92. The van der Waals surface area contributed by atoms with Gasteiger partial charge in [-0.1, -0.05) is 18.2 Å². The summed E-state index contributed by atoms with van der Waals surface area (Å²) in [6.07, 6.45) is 2.34. The number of anilines is 2. The molecule has 26 heavy (non-hydrogen) atoms. The van der Waals surface area contributed by atoms with Crippen LogP contribution in [0.25, 0.3) is 0 Å². The van der Waals surface area contributed by atoms with E-state index in [1.165, 1.54) is 0 Å². The lowest BCUT2D eigenvalue weighted by Crippen LogP contribution is -2.27. The molecule has 1 aliphatic heterocycles. The molecule has 136 valence electrons. The van der Waals surface area contributed by atoms with Crippen LogP contribution in [0, 0.1) is 6.92 Å². The smallest absolute Gasteiger partial charge is 0.226 e. The van der Waals surface area contributed by atoms with Gasteiger partial charge in [-0.15, -0.1) is 0 Å². The highest BCUT2D eigenvalue weighted by molar-refractivity contribution is 5.94. The van der Waals surface area contributed by atoms with Crippen molar-refractivity contribution in [3.63, 3.8) is 0 Å². The van der Waals surface area contributed by atoms with Gasteiger partial charge in [-0.05, 0) is 55.2 Å². The molecule has 1 N–H and O–H groups in total. The van der Waals surface area contributed by atoms with Gasteiger partial charge in [-0.2, -0.15) is 0 Å². The average Bonchev–Trinajstić information content (AvgIpc) is 2.65. The van der Waals surface area contributed by atoms with Crippen LogP contribution >= 0.6 is 0 Å². The largest absolute Gasteiger partial charge is 0.494 e. The second-order valence-corrected chi connectivity index (χ2v) is 6.56. The van der Waals surface area contributed by atoms with E-state index in [-0.39, 0.29) is 11.8 Å². The van der Waals surface area contributed by atoms with Crippen LogP contribution in [0.15, 0.2) is 42.5 Å². The fourth-order valence-corrected chi connectivity index (χ4v) is 3.10. The highest BCUT2D eigenvalue weighted by atomic mass is 16.5. The summed E-state index contributed by atoms with van der Waals surface area (Å²) in [4.78, 5) is 25.5. The second kappa shape index (κ2) is 8.04. The molecule has 1 aliphatic rings. The third kappa shape index (κ3) is 4.23. The molecule has 2 aromatic rings. The highest BCUT2D eigenvalue weighted by Gasteiger charge is 2.15. The maximum absolute atomic E-state index is 12.4. The number of carbonyl (C=O) groups is 2. The van der Waals surface area contributed by atoms with Crippen molar-refractivity contribution in [3.05, 3.63) is 53.6 Å². The maximum Gasteiger partial charge on any atom is 0.226 e. The van der Waals surface area contributed by atoms with Gasteiger partial charge in [-0.25, -0.2) is 0 Å². The zero-order valence-corrected chi connectivity index (χ0v) is 15.2. The molecule has 0 radical (unpaired) electrons. The number of benzene rings is 2. The van der Waals surface area contributed by atoms with Crippen molar-refractivity contribution in [1.29, 1.82) is 0 Å². The lowest BCUT2D eigenvalue weighted by molar-refractivity contribution is -0.118. The second-order valence-electron chi connectivity index (χ2n) is 6.56. The number of amides is 2. The fourth-order valence-electron chi connectivity index (χ4n) is 3.10. The van der Waals surface area contributed by atoms with Crippen molar-refractivity contribution in [3.8, 4) is 5.75 Å². The molecule has 1 heterocycles. The first kappa shape index (κ1) is 18.0. The Bertz CT molecular complexity index is 817. The molecule has 0 unspecified atom stereocenters. The molecule has 5 nitrogen and oxygen atoms in total. The normalized spacial score (nSPS) is 12.9. The van der Waals surface area contributed by atoms with Gasteiger partial charge >= 0.3 is 0 Å². The van der Waals surface area contributed by atoms with Gasteiger partial charge in [0.1, 0.15) is 5.75 Å². The van der Waals surface area contributed by atoms with Crippen molar-refractivity contribution >= 4 is 23.2 Å². The van der Waals surface area contributed by atoms with E-state index in [4.69, 9.17) is 4.74 Å². The van der Waals surface area contributed by atoms with Gasteiger partial charge in [0.25, 0.3) is 0 Å². The lowest BCUT2D eigenvalue weighted by atomic mass is 10.0. The minimum absolute atomic E-state index is 0.0578. The molecule has 0 spiro atoms. The van der Waals surface area contributed by atoms with E-state index in [0.717, 1.165) is 34.7 Å². The minimum Gasteiger partial charge on any atom is -0.494 e. The molecule has 0 saturated heterocycles. The van der Waals surface area contributed by atoms with Gasteiger partial charge in [-0.3, -0.25) is 9.59 Å². The Kier molecular flexibility index (Phi) is 5.56. The van der Waals surface area contributed by atoms with E-state index in [1.54, 1.807) is 4.90 Å². The molecule has 0 fully saturated rings. The van der Waals surface area contributed by atoms with E-state index in [9.17, 15) is 9.59 Å². The molecule has 0 aromatic heterocycles. The Labute approximate surface area is 154 Å². The molecule has 0 saturated carbocycles. The Morgan fingerprint density at radius 2 is 2.00 bits per heavy atom. The minimum atomic E-state index is 0.0578. The molecule has 2 amide bonds. The SMILES string of the molecule is Cc1ccccc1N(C)C(=O)CCCOc1ccc2c(c1)CCC(=O)N2. The molecular formula is C21H24N2O3. The quantitative estimate of drug-likeness (QED) is 0.807. The van der Waals surface area contributed by atoms with E-state index in [1.807, 2.05) is 56.4 Å². The van der Waals surface area contributed by atoms with Gasteiger partial charge in [0.15, 0.2) is 0 Å². The van der Waals surface area contributed by atoms with Crippen LogP contribution in [0.4, 0.5) is 11.4 Å². The first-order chi connectivity index (χ1) is 12.5. The van der Waals surface area contributed by atoms with Crippen molar-refractivity contribution in [1.82, 2.24) is 0 Å². The zero-order chi connectivity index (χ0) is 18.5. The van der Waals surface area contributed by atoms with Crippen molar-refractivity contribution in [2.75, 3.05) is 23.9 Å². The monoisotopic (exact) mass is 352 g/mol. The van der Waals surface area contributed by atoms with Crippen molar-refractivity contribution in [2.24, 2.45) is 0 Å². The standard InChI is InChI=1S/C21H24N2O3/c1-15-6-3-4-7-19(15)23(2)21(25)8-5-13-26-17-10-11-18-16(14-17)9-12-20(24)22-18/h3-4,6-7,10-11,14H,5,8-9,12-13H2,1-2H3,(H,22,24). The number of nitrogens with one attached hydrogen (secondary N) is 1. The molecule has 0 atom stereocenters. The summed E-state index contributed by atoms with van der Waals surface area (Å²) in [7, 11) is 1.81. The Hall–Kier alpha value is -2.82. The summed E-state index contributed by atoms with van der Waals surface area (Å²) in [5.41, 5.74) is 3.98. The van der Waals surface area contributed by atoms with Gasteiger partial charge in [0, 0.05) is 31.3 Å². The van der Waals surface area contributed by atoms with Gasteiger partial charge in [0.05, 0.1) is 6.61 Å². The lowest BCUT2D eigenvalue weighted by Gasteiger charge is -2.20. The predicted molar refractivity (Wildman–Crippen MR) is 103 cm³/mol. The van der Waals surface area contributed by atoms with Crippen LogP contribution in [-0.4, -0.2) is 25.5 Å². The molecule has 5 heteroatoms. The van der Waals surface area contributed by atoms with Crippen molar-refractivity contribution < 1.29 is 14.3 Å². The maximum atomic E-state index is 12.4. The number of para-hydroxylation sites is 1. The number of rotatable bonds is 6. The topological polar surface area (TPSA) is 58.6 Å². The van der Waals surface area contributed by atoms with Crippen LogP contribution < -0.4 is 15.0 Å². The first-order valence-electron chi connectivity index (χ1n) is 8.92. The number of carbonyl (C=O) groups excluding carboxylic acids is 2. The van der Waals surface area contributed by atoms with Crippen LogP contribution in [0.1, 0.15) is 30.4 Å². The number of fused-ring (bicyclic) bond motifs is 1. The van der Waals surface area contributed by atoms with Gasteiger partial charge in [0.2, 0.25) is 11.8 Å². The Morgan fingerprint density at radius 3 is 2.81 bits per heavy atom. The van der Waals surface area contributed by atoms with E-state index >= 15 is 0 Å². The summed E-state index contributed by atoms with van der Waals surface area (Å²) in [5.74, 6) is 0.915. The average molecular weight is 352 g/mol. The Morgan fingerprint density at radius 1 is 1.19 bits per heavy atom. The van der Waals surface area contributed by atoms with Crippen LogP contribution in [-0.2, 0) is 16.0 Å². The summed E-state index contributed by atoms with van der Waals surface area (Å²) < 4.78 is 5.78.